The second-order valence-electron chi connectivity index (χ2n) is 5.09. The number of nitrogens with zero attached hydrogens (tertiary/aromatic N) is 1. The first-order valence-electron chi connectivity index (χ1n) is 7.82. The molecule has 130 valence electrons. The lowest BCUT2D eigenvalue weighted by Crippen LogP contribution is -2.28. The largest absolute Gasteiger partial charge is 0.462 e. The van der Waals surface area contributed by atoms with Crippen molar-refractivity contribution >= 4 is 23.5 Å². The molecule has 7 heteroatoms. The van der Waals surface area contributed by atoms with Crippen LogP contribution in [0.4, 0.5) is 5.69 Å². The molecule has 0 spiro atoms. The van der Waals surface area contributed by atoms with Crippen molar-refractivity contribution in [2.45, 2.75) is 19.9 Å². The van der Waals surface area contributed by atoms with Gasteiger partial charge in [0.05, 0.1) is 30.1 Å². The van der Waals surface area contributed by atoms with Crippen molar-refractivity contribution in [3.05, 3.63) is 59.9 Å². The normalized spacial score (nSPS) is 9.96. The van der Waals surface area contributed by atoms with Crippen LogP contribution in [0.1, 0.15) is 29.4 Å². The summed E-state index contributed by atoms with van der Waals surface area (Å²) in [5.41, 5.74) is 1.25. The van der Waals surface area contributed by atoms with Gasteiger partial charge in [0.2, 0.25) is 11.8 Å². The summed E-state index contributed by atoms with van der Waals surface area (Å²) in [5, 5.41) is 5.18. The Hall–Kier alpha value is -3.22. The van der Waals surface area contributed by atoms with E-state index >= 15 is 0 Å². The molecule has 2 rings (SSSR count). The molecule has 0 saturated carbocycles. The summed E-state index contributed by atoms with van der Waals surface area (Å²) in [7, 11) is 0. The van der Waals surface area contributed by atoms with Gasteiger partial charge < -0.3 is 15.4 Å². The monoisotopic (exact) mass is 341 g/mol. The minimum absolute atomic E-state index is 0.233. The standard InChI is InChI=1S/C18H19N3O4/c1-2-25-18(24)14-8-3-4-9-15(14)21-17(23)11-16(22)20-12-13-7-5-6-10-19-13/h3-10H,2,11-12H2,1H3,(H,20,22)(H,21,23). The van der Waals surface area contributed by atoms with E-state index in [9.17, 15) is 14.4 Å². The highest BCUT2D eigenvalue weighted by Gasteiger charge is 2.15. The maximum atomic E-state index is 12.0. The molecule has 1 heterocycles. The van der Waals surface area contributed by atoms with Crippen LogP contribution in [0.25, 0.3) is 0 Å². The van der Waals surface area contributed by atoms with Crippen LogP contribution < -0.4 is 10.6 Å². The smallest absolute Gasteiger partial charge is 0.340 e. The number of amides is 2. The molecule has 0 bridgehead atoms. The Morgan fingerprint density at radius 2 is 1.80 bits per heavy atom. The SMILES string of the molecule is CCOC(=O)c1ccccc1NC(=O)CC(=O)NCc1ccccn1. The molecule has 25 heavy (non-hydrogen) atoms. The molecule has 1 aromatic heterocycles. The van der Waals surface area contributed by atoms with Gasteiger partial charge in [-0.05, 0) is 31.2 Å². The summed E-state index contributed by atoms with van der Waals surface area (Å²) in [6.07, 6.45) is 1.27. The topological polar surface area (TPSA) is 97.4 Å². The lowest BCUT2D eigenvalue weighted by atomic mass is 10.1. The number of hydrogen-bond donors (Lipinski definition) is 2. The fourth-order valence-electron chi connectivity index (χ4n) is 2.07. The zero-order valence-electron chi connectivity index (χ0n) is 13.8. The van der Waals surface area contributed by atoms with Crippen molar-refractivity contribution in [3.8, 4) is 0 Å². The van der Waals surface area contributed by atoms with Crippen LogP contribution in [0.2, 0.25) is 0 Å². The van der Waals surface area contributed by atoms with Crippen molar-refractivity contribution in [1.29, 1.82) is 0 Å². The van der Waals surface area contributed by atoms with Gasteiger partial charge in [0, 0.05) is 6.20 Å². The van der Waals surface area contributed by atoms with Crippen LogP contribution in [0.15, 0.2) is 48.7 Å². The molecule has 0 saturated heterocycles. The number of ether oxygens (including phenoxy) is 1. The fraction of sp³-hybridized carbons (Fsp3) is 0.222. The van der Waals surface area contributed by atoms with E-state index in [4.69, 9.17) is 4.74 Å². The molecule has 0 aliphatic heterocycles. The number of hydrogen-bond acceptors (Lipinski definition) is 5. The minimum Gasteiger partial charge on any atom is -0.462 e. The predicted octanol–water partition coefficient (Wildman–Crippen LogP) is 1.90. The quantitative estimate of drug-likeness (QED) is 0.592. The van der Waals surface area contributed by atoms with Gasteiger partial charge in [-0.3, -0.25) is 14.6 Å². The molecule has 0 radical (unpaired) electrons. The third-order valence-electron chi connectivity index (χ3n) is 3.21. The van der Waals surface area contributed by atoms with Crippen LogP contribution in [-0.4, -0.2) is 29.4 Å². The Labute approximate surface area is 145 Å². The Balaban J connectivity index is 1.89. The second-order valence-corrected chi connectivity index (χ2v) is 5.09. The van der Waals surface area contributed by atoms with E-state index in [-0.39, 0.29) is 25.1 Å². The number of aromatic nitrogens is 1. The molecule has 0 aliphatic rings. The Morgan fingerprint density at radius 1 is 1.04 bits per heavy atom. The van der Waals surface area contributed by atoms with Crippen molar-refractivity contribution in [3.63, 3.8) is 0 Å². The molecule has 0 aliphatic carbocycles. The number of esters is 1. The van der Waals surface area contributed by atoms with E-state index in [2.05, 4.69) is 15.6 Å². The number of rotatable bonds is 7. The van der Waals surface area contributed by atoms with Gasteiger partial charge in [0.1, 0.15) is 6.42 Å². The van der Waals surface area contributed by atoms with Gasteiger partial charge in [-0.25, -0.2) is 4.79 Å². The third kappa shape index (κ3) is 5.72. The number of benzene rings is 1. The average molecular weight is 341 g/mol. The van der Waals surface area contributed by atoms with Crippen LogP contribution in [0.5, 0.6) is 0 Å². The van der Waals surface area contributed by atoms with Crippen LogP contribution in [0, 0.1) is 0 Å². The summed E-state index contributed by atoms with van der Waals surface area (Å²) >= 11 is 0. The van der Waals surface area contributed by atoms with Crippen LogP contribution in [-0.2, 0) is 20.9 Å². The summed E-state index contributed by atoms with van der Waals surface area (Å²) in [5.74, 6) is -1.48. The Morgan fingerprint density at radius 3 is 2.52 bits per heavy atom. The Bertz CT molecular complexity index is 747. The van der Waals surface area contributed by atoms with Crippen molar-refractivity contribution in [2.75, 3.05) is 11.9 Å². The number of carbonyl (C=O) groups excluding carboxylic acids is 3. The van der Waals surface area contributed by atoms with Gasteiger partial charge in [0.25, 0.3) is 0 Å². The van der Waals surface area contributed by atoms with Crippen molar-refractivity contribution in [2.24, 2.45) is 0 Å². The lowest BCUT2D eigenvalue weighted by Gasteiger charge is -2.10. The second kappa shape index (κ2) is 9.17. The van der Waals surface area contributed by atoms with E-state index in [1.165, 1.54) is 0 Å². The first kappa shape index (κ1) is 18.1. The maximum Gasteiger partial charge on any atom is 0.340 e. The first-order valence-corrected chi connectivity index (χ1v) is 7.82. The van der Waals surface area contributed by atoms with Crippen molar-refractivity contribution in [1.82, 2.24) is 10.3 Å². The van der Waals surface area contributed by atoms with Gasteiger partial charge in [-0.15, -0.1) is 0 Å². The molecular formula is C18H19N3O4. The highest BCUT2D eigenvalue weighted by atomic mass is 16.5. The third-order valence-corrected chi connectivity index (χ3v) is 3.21. The van der Waals surface area contributed by atoms with Gasteiger partial charge in [-0.2, -0.15) is 0 Å². The first-order chi connectivity index (χ1) is 12.1. The molecule has 0 atom stereocenters. The minimum atomic E-state index is -0.530. The molecule has 2 N–H and O–H groups in total. The number of carbonyl (C=O) groups is 3. The summed E-state index contributed by atoms with van der Waals surface area (Å²) in [6, 6.07) is 11.8. The van der Waals surface area contributed by atoms with Crippen LogP contribution >= 0.6 is 0 Å². The maximum absolute atomic E-state index is 12.0. The summed E-state index contributed by atoms with van der Waals surface area (Å²) in [4.78, 5) is 39.8. The highest BCUT2D eigenvalue weighted by Crippen LogP contribution is 2.16. The van der Waals surface area contributed by atoms with E-state index < -0.39 is 17.8 Å². The molecule has 2 amide bonds. The van der Waals surface area contributed by atoms with Gasteiger partial charge >= 0.3 is 5.97 Å². The number of anilines is 1. The zero-order chi connectivity index (χ0) is 18.1. The summed E-state index contributed by atoms with van der Waals surface area (Å²) in [6.45, 7) is 2.18. The van der Waals surface area contributed by atoms with E-state index in [1.54, 1.807) is 49.5 Å². The number of pyridine rings is 1. The van der Waals surface area contributed by atoms with E-state index in [0.29, 0.717) is 11.4 Å². The average Bonchev–Trinajstić information content (AvgIpc) is 2.61. The van der Waals surface area contributed by atoms with Gasteiger partial charge in [0.15, 0.2) is 0 Å². The Kier molecular flexibility index (Phi) is 6.65. The predicted molar refractivity (Wildman–Crippen MR) is 91.7 cm³/mol. The van der Waals surface area contributed by atoms with E-state index in [1.807, 2.05) is 6.07 Å². The summed E-state index contributed by atoms with van der Waals surface area (Å²) < 4.78 is 4.94. The van der Waals surface area contributed by atoms with Gasteiger partial charge in [-0.1, -0.05) is 18.2 Å². The molecule has 0 unspecified atom stereocenters. The molecular weight excluding hydrogens is 322 g/mol. The van der Waals surface area contributed by atoms with Crippen molar-refractivity contribution < 1.29 is 19.1 Å². The number of nitrogens with one attached hydrogen (secondary N) is 2. The van der Waals surface area contributed by atoms with Crippen LogP contribution in [0.3, 0.4) is 0 Å². The fourth-order valence-corrected chi connectivity index (χ4v) is 2.07. The zero-order valence-corrected chi connectivity index (χ0v) is 13.8. The number of para-hydroxylation sites is 1. The molecule has 0 fully saturated rings. The lowest BCUT2D eigenvalue weighted by molar-refractivity contribution is -0.126. The highest BCUT2D eigenvalue weighted by molar-refractivity contribution is 6.06. The molecule has 7 nitrogen and oxygen atoms in total. The molecule has 1 aromatic carbocycles. The molecule has 2 aromatic rings. The van der Waals surface area contributed by atoms with E-state index in [0.717, 1.165) is 0 Å².